The molecule has 2 nitrogen and oxygen atoms in total. The van der Waals surface area contributed by atoms with Crippen molar-refractivity contribution in [1.29, 1.82) is 0 Å². The molecule has 0 aliphatic heterocycles. The van der Waals surface area contributed by atoms with Gasteiger partial charge in [-0.05, 0) is 12.8 Å². The fraction of sp³-hybridized carbons (Fsp3) is 0.947. The average molecular weight is 563 g/mol. The van der Waals surface area contributed by atoms with E-state index in [4.69, 9.17) is 0 Å². The molecule has 0 fully saturated rings. The molecule has 0 aliphatic rings. The monoisotopic (exact) mass is 563 g/mol. The summed E-state index contributed by atoms with van der Waals surface area (Å²) in [4.78, 5) is 13.9. The van der Waals surface area contributed by atoms with Crippen LogP contribution < -0.4 is 4.90 Å². The van der Waals surface area contributed by atoms with E-state index in [1.807, 2.05) is 4.90 Å². The first-order valence-corrected chi connectivity index (χ1v) is 18.8. The number of unbranched alkanes of at least 4 members (excludes halogenated alkanes) is 30. The lowest BCUT2D eigenvalue weighted by Gasteiger charge is -2.09. The van der Waals surface area contributed by atoms with E-state index in [0.29, 0.717) is 0 Å². The van der Waals surface area contributed by atoms with E-state index in [9.17, 15) is 4.79 Å². The second-order valence-electron chi connectivity index (χ2n) is 13.0. The standard InChI is InChI=1S/C38H76NO/c1-4-6-8-10-12-14-16-18-20-22-24-26-28-30-32-34-36-39(38(3)40)37-35-33-31-29-27-25-23-21-19-17-15-13-11-9-7-5-2/h3-37H2,1-2H3/q+1. The van der Waals surface area contributed by atoms with Gasteiger partial charge in [0.1, 0.15) is 13.1 Å². The molecule has 0 aliphatic carbocycles. The summed E-state index contributed by atoms with van der Waals surface area (Å²) >= 11 is 0. The van der Waals surface area contributed by atoms with Crippen molar-refractivity contribution >= 4 is 5.91 Å². The van der Waals surface area contributed by atoms with Gasteiger partial charge in [0, 0.05) is 12.8 Å². The summed E-state index contributed by atoms with van der Waals surface area (Å²) in [6.07, 6.45) is 44.6. The molecule has 2 radical (unpaired) electrons. The van der Waals surface area contributed by atoms with E-state index in [1.54, 1.807) is 0 Å². The Labute approximate surface area is 254 Å². The zero-order chi connectivity index (χ0) is 29.2. The fourth-order valence-electron chi connectivity index (χ4n) is 6.06. The van der Waals surface area contributed by atoms with Crippen LogP contribution in [-0.2, 0) is 4.79 Å². The first kappa shape index (κ1) is 39.6. The maximum Gasteiger partial charge on any atom is 0.361 e. The van der Waals surface area contributed by atoms with Gasteiger partial charge >= 0.3 is 5.91 Å². The van der Waals surface area contributed by atoms with Gasteiger partial charge in [-0.25, -0.2) is 4.79 Å². The van der Waals surface area contributed by atoms with Crippen LogP contribution in [0.5, 0.6) is 0 Å². The maximum absolute atomic E-state index is 11.9. The summed E-state index contributed by atoms with van der Waals surface area (Å²) in [6.45, 7) is 10.1. The lowest BCUT2D eigenvalue weighted by Crippen LogP contribution is -2.37. The van der Waals surface area contributed by atoms with Crippen LogP contribution in [0.1, 0.15) is 219 Å². The van der Waals surface area contributed by atoms with Gasteiger partial charge in [-0.1, -0.05) is 194 Å². The summed E-state index contributed by atoms with van der Waals surface area (Å²) in [5.41, 5.74) is 0. The minimum Gasteiger partial charge on any atom is -0.225 e. The third-order valence-corrected chi connectivity index (χ3v) is 8.92. The van der Waals surface area contributed by atoms with Gasteiger partial charge in [-0.2, -0.15) is 0 Å². The lowest BCUT2D eigenvalue weighted by molar-refractivity contribution is -0.121. The molecule has 1 amide bonds. The van der Waals surface area contributed by atoms with Gasteiger partial charge in [0.15, 0.2) is 0 Å². The highest BCUT2D eigenvalue weighted by atomic mass is 16.2. The number of rotatable bonds is 34. The van der Waals surface area contributed by atoms with Crippen LogP contribution in [0.25, 0.3) is 0 Å². The smallest absolute Gasteiger partial charge is 0.225 e. The molecule has 0 spiro atoms. The Morgan fingerprint density at radius 2 is 0.525 bits per heavy atom. The van der Waals surface area contributed by atoms with Gasteiger partial charge in [-0.3, -0.25) is 0 Å². The number of carbonyl (C=O) groups is 1. The molecule has 0 rings (SSSR count). The van der Waals surface area contributed by atoms with Gasteiger partial charge < -0.3 is 0 Å². The number of amides is 1. The molecule has 0 aromatic carbocycles. The molecule has 238 valence electrons. The largest absolute Gasteiger partial charge is 0.361 e. The third kappa shape index (κ3) is 32.1. The minimum atomic E-state index is 0.0296. The molecular formula is C38H76NO+. The Morgan fingerprint density at radius 1 is 0.350 bits per heavy atom. The maximum atomic E-state index is 11.9. The highest BCUT2D eigenvalue weighted by Gasteiger charge is 2.19. The molecule has 0 N–H and O–H groups in total. The molecule has 0 unspecified atom stereocenters. The van der Waals surface area contributed by atoms with Crippen LogP contribution in [0.4, 0.5) is 0 Å². The Kier molecular flexibility index (Phi) is 34.5. The Morgan fingerprint density at radius 3 is 0.700 bits per heavy atom. The topological polar surface area (TPSA) is 23.0 Å². The zero-order valence-electron chi connectivity index (χ0n) is 28.1. The Balaban J connectivity index is 3.37. The van der Waals surface area contributed by atoms with Crippen molar-refractivity contribution in [2.24, 2.45) is 0 Å². The van der Waals surface area contributed by atoms with Crippen molar-refractivity contribution in [3.05, 3.63) is 6.92 Å². The quantitative estimate of drug-likeness (QED) is 0.0565. The molecule has 0 heterocycles. The summed E-state index contributed by atoms with van der Waals surface area (Å²) in [7, 11) is 0. The predicted octanol–water partition coefficient (Wildman–Crippen LogP) is 13.0. The van der Waals surface area contributed by atoms with Crippen molar-refractivity contribution in [2.45, 2.75) is 219 Å². The van der Waals surface area contributed by atoms with Crippen LogP contribution in [-0.4, -0.2) is 19.0 Å². The first-order chi connectivity index (χ1) is 19.7. The zero-order valence-corrected chi connectivity index (χ0v) is 28.1. The molecule has 0 saturated heterocycles. The SMILES string of the molecule is [CH2]C(=O)[N+](CCCCCCCCCCCCCCCCCC)CCCCCCCCCCCCCCCCCC. The molecule has 0 saturated carbocycles. The predicted molar refractivity (Wildman–Crippen MR) is 181 cm³/mol. The van der Waals surface area contributed by atoms with Crippen molar-refractivity contribution in [2.75, 3.05) is 13.1 Å². The average Bonchev–Trinajstić information content (AvgIpc) is 2.95. The van der Waals surface area contributed by atoms with Gasteiger partial charge in [0.2, 0.25) is 0 Å². The highest BCUT2D eigenvalue weighted by Crippen LogP contribution is 2.15. The number of carbonyl (C=O) groups excluding carboxylic acids is 1. The Bertz CT molecular complexity index is 440. The van der Waals surface area contributed by atoms with Crippen molar-refractivity contribution < 1.29 is 4.79 Å². The van der Waals surface area contributed by atoms with Crippen molar-refractivity contribution in [3.8, 4) is 0 Å². The molecule has 0 bridgehead atoms. The molecule has 0 aromatic rings. The van der Waals surface area contributed by atoms with E-state index in [0.717, 1.165) is 25.9 Å². The minimum absolute atomic E-state index is 0.0296. The molecule has 2 heteroatoms. The first-order valence-electron chi connectivity index (χ1n) is 18.8. The lowest BCUT2D eigenvalue weighted by atomic mass is 10.0. The van der Waals surface area contributed by atoms with Gasteiger partial charge in [0.05, 0.1) is 6.92 Å². The van der Waals surface area contributed by atoms with Crippen LogP contribution in [0.2, 0.25) is 0 Å². The second-order valence-corrected chi connectivity index (χ2v) is 13.0. The normalized spacial score (nSPS) is 11.6. The summed E-state index contributed by atoms with van der Waals surface area (Å²) < 4.78 is 0. The number of hydrogen-bond acceptors (Lipinski definition) is 1. The highest BCUT2D eigenvalue weighted by molar-refractivity contribution is 5.82. The van der Waals surface area contributed by atoms with Crippen LogP contribution in [0.15, 0.2) is 0 Å². The third-order valence-electron chi connectivity index (χ3n) is 8.92. The van der Waals surface area contributed by atoms with Crippen LogP contribution >= 0.6 is 0 Å². The van der Waals surface area contributed by atoms with Gasteiger partial charge in [0.25, 0.3) is 0 Å². The van der Waals surface area contributed by atoms with E-state index < -0.39 is 0 Å². The number of nitrogens with zero attached hydrogens (tertiary/aromatic N) is 1. The summed E-state index contributed by atoms with van der Waals surface area (Å²) in [5, 5.41) is 0. The van der Waals surface area contributed by atoms with E-state index in [1.165, 1.54) is 193 Å². The van der Waals surface area contributed by atoms with E-state index in [2.05, 4.69) is 20.8 Å². The number of hydrogen-bond donors (Lipinski definition) is 0. The molecule has 0 aromatic heterocycles. The summed E-state index contributed by atoms with van der Waals surface area (Å²) in [5.74, 6) is 0.0296. The second kappa shape index (κ2) is 34.8. The molecular weight excluding hydrogens is 486 g/mol. The molecule has 0 atom stereocenters. The van der Waals surface area contributed by atoms with E-state index >= 15 is 0 Å². The van der Waals surface area contributed by atoms with Crippen molar-refractivity contribution in [3.63, 3.8) is 0 Å². The van der Waals surface area contributed by atoms with Crippen molar-refractivity contribution in [1.82, 2.24) is 4.90 Å². The van der Waals surface area contributed by atoms with Crippen LogP contribution in [0, 0.1) is 6.92 Å². The Hall–Kier alpha value is -0.370. The van der Waals surface area contributed by atoms with Gasteiger partial charge in [-0.15, -0.1) is 4.90 Å². The fourth-order valence-corrected chi connectivity index (χ4v) is 6.06. The van der Waals surface area contributed by atoms with Crippen LogP contribution in [0.3, 0.4) is 0 Å². The molecule has 40 heavy (non-hydrogen) atoms. The van der Waals surface area contributed by atoms with E-state index in [-0.39, 0.29) is 5.91 Å². The summed E-state index contributed by atoms with van der Waals surface area (Å²) in [6, 6.07) is 0.